The summed E-state index contributed by atoms with van der Waals surface area (Å²) >= 11 is 15.4. The van der Waals surface area contributed by atoms with E-state index in [1.165, 1.54) is 0 Å². The van der Waals surface area contributed by atoms with E-state index in [0.29, 0.717) is 22.0 Å². The van der Waals surface area contributed by atoms with E-state index < -0.39 is 6.10 Å². The van der Waals surface area contributed by atoms with Crippen LogP contribution in [0, 0.1) is 0 Å². The molecule has 106 valence electrons. The van der Waals surface area contributed by atoms with Crippen LogP contribution in [0.5, 0.6) is 5.75 Å². The number of methoxy groups -OCH3 is 1. The van der Waals surface area contributed by atoms with Gasteiger partial charge in [-0.2, -0.15) is 0 Å². The second-order valence-electron chi connectivity index (χ2n) is 4.38. The lowest BCUT2D eigenvalue weighted by Crippen LogP contribution is -2.03. The van der Waals surface area contributed by atoms with Crippen LogP contribution < -0.4 is 4.74 Å². The van der Waals surface area contributed by atoms with Gasteiger partial charge in [0.2, 0.25) is 0 Å². The van der Waals surface area contributed by atoms with Gasteiger partial charge in [-0.15, -0.1) is 0 Å². The zero-order valence-corrected chi connectivity index (χ0v) is 13.8. The fourth-order valence-electron chi connectivity index (χ4n) is 1.93. The van der Waals surface area contributed by atoms with Gasteiger partial charge in [-0.05, 0) is 47.5 Å². The Labute approximate surface area is 136 Å². The third kappa shape index (κ3) is 3.89. The number of ether oxygens (including phenoxy) is 1. The molecule has 5 heteroatoms. The molecule has 2 rings (SSSR count). The minimum atomic E-state index is -0.686. The Morgan fingerprint density at radius 2 is 1.80 bits per heavy atom. The lowest BCUT2D eigenvalue weighted by atomic mass is 10.0. The van der Waals surface area contributed by atoms with Gasteiger partial charge >= 0.3 is 0 Å². The highest BCUT2D eigenvalue weighted by Gasteiger charge is 2.13. The van der Waals surface area contributed by atoms with Crippen LogP contribution in [-0.2, 0) is 6.42 Å². The predicted molar refractivity (Wildman–Crippen MR) is 85.8 cm³/mol. The van der Waals surface area contributed by atoms with Crippen LogP contribution in [0.2, 0.25) is 10.0 Å². The molecular weight excluding hydrogens is 363 g/mol. The van der Waals surface area contributed by atoms with Gasteiger partial charge < -0.3 is 9.84 Å². The molecule has 2 aromatic carbocycles. The van der Waals surface area contributed by atoms with Crippen molar-refractivity contribution in [2.24, 2.45) is 0 Å². The number of aliphatic hydroxyl groups is 1. The first-order chi connectivity index (χ1) is 9.49. The molecule has 0 radical (unpaired) electrons. The SMILES string of the molecule is COc1ccc(Br)c(CC(O)c2cc(Cl)cc(Cl)c2)c1. The quantitative estimate of drug-likeness (QED) is 0.810. The first-order valence-corrected chi connectivity index (χ1v) is 7.51. The van der Waals surface area contributed by atoms with E-state index in [1.807, 2.05) is 18.2 Å². The van der Waals surface area contributed by atoms with Gasteiger partial charge in [-0.25, -0.2) is 0 Å². The van der Waals surface area contributed by atoms with E-state index in [2.05, 4.69) is 15.9 Å². The summed E-state index contributed by atoms with van der Waals surface area (Å²) < 4.78 is 6.11. The van der Waals surface area contributed by atoms with Crippen LogP contribution in [-0.4, -0.2) is 12.2 Å². The van der Waals surface area contributed by atoms with Gasteiger partial charge in [0.25, 0.3) is 0 Å². The van der Waals surface area contributed by atoms with Crippen LogP contribution in [0.25, 0.3) is 0 Å². The lowest BCUT2D eigenvalue weighted by Gasteiger charge is -2.14. The van der Waals surface area contributed by atoms with Crippen LogP contribution in [0.1, 0.15) is 17.2 Å². The summed E-state index contributed by atoms with van der Waals surface area (Å²) in [6, 6.07) is 10.7. The number of hydrogen-bond acceptors (Lipinski definition) is 2. The Hall–Kier alpha value is -0.740. The number of aliphatic hydroxyl groups excluding tert-OH is 1. The number of hydrogen-bond donors (Lipinski definition) is 1. The molecule has 1 atom stereocenters. The number of benzene rings is 2. The third-order valence-corrected chi connectivity index (χ3v) is 4.15. The maximum absolute atomic E-state index is 10.3. The van der Waals surface area contributed by atoms with Gasteiger partial charge in [0.15, 0.2) is 0 Å². The van der Waals surface area contributed by atoms with Crippen molar-refractivity contribution in [3.05, 3.63) is 62.0 Å². The molecule has 20 heavy (non-hydrogen) atoms. The van der Waals surface area contributed by atoms with Crippen LogP contribution in [0.3, 0.4) is 0 Å². The first-order valence-electron chi connectivity index (χ1n) is 5.96. The third-order valence-electron chi connectivity index (χ3n) is 2.94. The van der Waals surface area contributed by atoms with Crippen LogP contribution in [0.15, 0.2) is 40.9 Å². The molecule has 1 N–H and O–H groups in total. The van der Waals surface area contributed by atoms with Crippen molar-refractivity contribution in [3.8, 4) is 5.75 Å². The zero-order valence-electron chi connectivity index (χ0n) is 10.7. The summed E-state index contributed by atoms with van der Waals surface area (Å²) in [7, 11) is 1.61. The summed E-state index contributed by atoms with van der Waals surface area (Å²) in [5.41, 5.74) is 1.64. The van der Waals surface area contributed by atoms with E-state index >= 15 is 0 Å². The normalized spacial score (nSPS) is 12.2. The van der Waals surface area contributed by atoms with Crippen LogP contribution >= 0.6 is 39.1 Å². The minimum Gasteiger partial charge on any atom is -0.497 e. The first kappa shape index (κ1) is 15.6. The van der Waals surface area contributed by atoms with E-state index in [1.54, 1.807) is 25.3 Å². The summed E-state index contributed by atoms with van der Waals surface area (Å²) in [6.45, 7) is 0. The molecule has 0 amide bonds. The average Bonchev–Trinajstić information content (AvgIpc) is 2.40. The largest absolute Gasteiger partial charge is 0.497 e. The maximum atomic E-state index is 10.3. The van der Waals surface area contributed by atoms with Gasteiger partial charge in [0.1, 0.15) is 5.75 Å². The summed E-state index contributed by atoms with van der Waals surface area (Å²) in [5, 5.41) is 11.4. The molecule has 0 saturated carbocycles. The molecule has 0 aromatic heterocycles. The van der Waals surface area contributed by atoms with Crippen LogP contribution in [0.4, 0.5) is 0 Å². The predicted octanol–water partition coefficient (Wildman–Crippen LogP) is 5.04. The highest BCUT2D eigenvalue weighted by molar-refractivity contribution is 9.10. The summed E-state index contributed by atoms with van der Waals surface area (Å²) in [4.78, 5) is 0. The fraction of sp³-hybridized carbons (Fsp3) is 0.200. The topological polar surface area (TPSA) is 29.5 Å². The second-order valence-corrected chi connectivity index (χ2v) is 6.11. The molecule has 0 aliphatic rings. The van der Waals surface area contributed by atoms with E-state index in [0.717, 1.165) is 15.8 Å². The molecular formula is C15H13BrCl2O2. The molecule has 2 nitrogen and oxygen atoms in total. The van der Waals surface area contributed by atoms with E-state index in [9.17, 15) is 5.11 Å². The monoisotopic (exact) mass is 374 g/mol. The minimum absolute atomic E-state index is 0.439. The highest BCUT2D eigenvalue weighted by atomic mass is 79.9. The van der Waals surface area contributed by atoms with Crippen molar-refractivity contribution in [2.75, 3.05) is 7.11 Å². The zero-order chi connectivity index (χ0) is 14.7. The smallest absolute Gasteiger partial charge is 0.119 e. The van der Waals surface area contributed by atoms with Gasteiger partial charge in [-0.1, -0.05) is 39.1 Å². The Balaban J connectivity index is 2.24. The Bertz CT molecular complexity index is 597. The molecule has 0 aliphatic carbocycles. The van der Waals surface area contributed by atoms with E-state index in [4.69, 9.17) is 27.9 Å². The standard InChI is InChI=1S/C15H13BrCl2O2/c1-20-13-2-3-14(16)9(6-13)7-15(19)10-4-11(17)8-12(18)5-10/h2-6,8,15,19H,7H2,1H3. The number of rotatable bonds is 4. The van der Waals surface area contributed by atoms with Crippen molar-refractivity contribution in [2.45, 2.75) is 12.5 Å². The Kier molecular flexibility index (Phi) is 5.33. The van der Waals surface area contributed by atoms with Crippen molar-refractivity contribution < 1.29 is 9.84 Å². The molecule has 0 spiro atoms. The second kappa shape index (κ2) is 6.81. The molecule has 0 aliphatic heterocycles. The Morgan fingerprint density at radius 3 is 2.40 bits per heavy atom. The molecule has 0 heterocycles. The van der Waals surface area contributed by atoms with Crippen molar-refractivity contribution in [1.29, 1.82) is 0 Å². The molecule has 0 saturated heterocycles. The average molecular weight is 376 g/mol. The van der Waals surface area contributed by atoms with E-state index in [-0.39, 0.29) is 0 Å². The highest BCUT2D eigenvalue weighted by Crippen LogP contribution is 2.29. The van der Waals surface area contributed by atoms with Crippen molar-refractivity contribution in [3.63, 3.8) is 0 Å². The number of halogens is 3. The molecule has 1 unspecified atom stereocenters. The van der Waals surface area contributed by atoms with Crippen molar-refractivity contribution in [1.82, 2.24) is 0 Å². The summed E-state index contributed by atoms with van der Waals surface area (Å²) in [6.07, 6.45) is -0.247. The molecule has 0 fully saturated rings. The molecule has 2 aromatic rings. The van der Waals surface area contributed by atoms with Crippen molar-refractivity contribution >= 4 is 39.1 Å². The molecule has 0 bridgehead atoms. The lowest BCUT2D eigenvalue weighted by molar-refractivity contribution is 0.178. The van der Waals surface area contributed by atoms with Gasteiger partial charge in [0.05, 0.1) is 13.2 Å². The van der Waals surface area contributed by atoms with Gasteiger partial charge in [-0.3, -0.25) is 0 Å². The maximum Gasteiger partial charge on any atom is 0.119 e. The summed E-state index contributed by atoms with van der Waals surface area (Å²) in [5.74, 6) is 0.750. The fourth-order valence-corrected chi connectivity index (χ4v) is 2.88. The Morgan fingerprint density at radius 1 is 1.15 bits per heavy atom. The van der Waals surface area contributed by atoms with Gasteiger partial charge in [0, 0.05) is 20.9 Å².